The molecule has 2 unspecified atom stereocenters. The van der Waals surface area contributed by atoms with Gasteiger partial charge >= 0.3 is 0 Å². The number of hydrogen-bond donors (Lipinski definition) is 2. The molecule has 1 aliphatic rings. The zero-order chi connectivity index (χ0) is 13.1. The van der Waals surface area contributed by atoms with Crippen molar-refractivity contribution in [2.45, 2.75) is 39.2 Å². The molecule has 0 saturated carbocycles. The summed E-state index contributed by atoms with van der Waals surface area (Å²) >= 11 is 0. The molecule has 0 bridgehead atoms. The molecule has 98 valence electrons. The highest BCUT2D eigenvalue weighted by Gasteiger charge is 2.21. The van der Waals surface area contributed by atoms with Crippen LogP contribution in [0.5, 0.6) is 0 Å². The van der Waals surface area contributed by atoms with Crippen molar-refractivity contribution >= 4 is 5.91 Å². The second kappa shape index (κ2) is 5.53. The van der Waals surface area contributed by atoms with Crippen LogP contribution in [0.15, 0.2) is 18.2 Å². The van der Waals surface area contributed by atoms with Crippen molar-refractivity contribution in [2.75, 3.05) is 6.54 Å². The molecule has 1 aromatic carbocycles. The van der Waals surface area contributed by atoms with E-state index >= 15 is 0 Å². The average molecular weight is 247 g/mol. The number of amides is 1. The van der Waals surface area contributed by atoms with Crippen LogP contribution >= 0.6 is 0 Å². The number of carbonyl (C=O) groups is 1. The molecule has 3 heteroatoms. The minimum absolute atomic E-state index is 0.0200. The number of rotatable bonds is 4. The summed E-state index contributed by atoms with van der Waals surface area (Å²) in [6.45, 7) is 4.87. The van der Waals surface area contributed by atoms with Crippen molar-refractivity contribution in [3.05, 3.63) is 34.9 Å². The first-order valence-electron chi connectivity index (χ1n) is 6.72. The Morgan fingerprint density at radius 2 is 2.22 bits per heavy atom. The highest BCUT2D eigenvalue weighted by molar-refractivity contribution is 5.96. The maximum absolute atomic E-state index is 11.8. The molecule has 0 fully saturated rings. The summed E-state index contributed by atoms with van der Waals surface area (Å²) in [6, 6.07) is 5.78. The van der Waals surface area contributed by atoms with Gasteiger partial charge in [0.05, 0.1) is 6.10 Å². The van der Waals surface area contributed by atoms with Gasteiger partial charge in [-0.25, -0.2) is 0 Å². The molecule has 18 heavy (non-hydrogen) atoms. The molecule has 0 radical (unpaired) electrons. The summed E-state index contributed by atoms with van der Waals surface area (Å²) < 4.78 is 0. The Bertz CT molecular complexity index is 442. The van der Waals surface area contributed by atoms with E-state index in [0.29, 0.717) is 6.54 Å². The van der Waals surface area contributed by atoms with Crippen LogP contribution in [0.4, 0.5) is 0 Å². The van der Waals surface area contributed by atoms with Gasteiger partial charge in [0.2, 0.25) is 0 Å². The quantitative estimate of drug-likeness (QED) is 0.858. The Kier molecular flexibility index (Phi) is 4.02. The van der Waals surface area contributed by atoms with Gasteiger partial charge in [0.25, 0.3) is 5.91 Å². The van der Waals surface area contributed by atoms with Crippen molar-refractivity contribution in [2.24, 2.45) is 5.92 Å². The lowest BCUT2D eigenvalue weighted by atomic mass is 9.90. The van der Waals surface area contributed by atoms with E-state index in [9.17, 15) is 9.90 Å². The van der Waals surface area contributed by atoms with E-state index in [2.05, 4.69) is 12.2 Å². The first-order chi connectivity index (χ1) is 8.63. The second-order valence-corrected chi connectivity index (χ2v) is 5.13. The van der Waals surface area contributed by atoms with Gasteiger partial charge < -0.3 is 10.4 Å². The predicted molar refractivity (Wildman–Crippen MR) is 71.5 cm³/mol. The highest BCUT2D eigenvalue weighted by Crippen LogP contribution is 2.27. The van der Waals surface area contributed by atoms with Crippen molar-refractivity contribution < 1.29 is 9.90 Å². The van der Waals surface area contributed by atoms with E-state index in [0.717, 1.165) is 36.0 Å². The maximum Gasteiger partial charge on any atom is 0.251 e. The van der Waals surface area contributed by atoms with Gasteiger partial charge in [-0.05, 0) is 36.0 Å². The number of carbonyl (C=O) groups excluding carboxylic acids is 1. The Balaban J connectivity index is 2.25. The first-order valence-corrected chi connectivity index (χ1v) is 6.72. The topological polar surface area (TPSA) is 49.3 Å². The lowest BCUT2D eigenvalue weighted by Gasteiger charge is -2.22. The smallest absolute Gasteiger partial charge is 0.251 e. The molecule has 0 aromatic heterocycles. The number of aliphatic hydroxyl groups excluding tert-OH is 1. The third-order valence-electron chi connectivity index (χ3n) is 3.68. The number of aliphatic hydroxyl groups is 1. The largest absolute Gasteiger partial charge is 0.388 e. The molecule has 1 amide bonds. The fourth-order valence-corrected chi connectivity index (χ4v) is 2.56. The van der Waals surface area contributed by atoms with E-state index < -0.39 is 6.10 Å². The van der Waals surface area contributed by atoms with Crippen LogP contribution in [-0.4, -0.2) is 17.6 Å². The number of benzene rings is 1. The molecule has 0 saturated heterocycles. The summed E-state index contributed by atoms with van der Waals surface area (Å²) in [4.78, 5) is 11.8. The number of nitrogens with one attached hydrogen (secondary N) is 1. The lowest BCUT2D eigenvalue weighted by Crippen LogP contribution is -2.32. The van der Waals surface area contributed by atoms with Crippen molar-refractivity contribution in [1.82, 2.24) is 5.32 Å². The predicted octanol–water partition coefficient (Wildman–Crippen LogP) is 2.44. The molecule has 1 aliphatic heterocycles. The molecular weight excluding hydrogens is 226 g/mol. The summed E-state index contributed by atoms with van der Waals surface area (Å²) in [5.41, 5.74) is 2.66. The average Bonchev–Trinajstić information content (AvgIpc) is 2.38. The molecular formula is C15H21NO2. The fourth-order valence-electron chi connectivity index (χ4n) is 2.56. The third-order valence-corrected chi connectivity index (χ3v) is 3.68. The van der Waals surface area contributed by atoms with Crippen LogP contribution in [0.3, 0.4) is 0 Å². The molecule has 2 N–H and O–H groups in total. The standard InChI is InChI=1S/C15H21NO2/c1-3-4-10(2)14(17)12-6-5-11-7-8-16-15(18)13(11)9-12/h5-6,9-10,14,17H,3-4,7-8H2,1-2H3,(H,16,18). The van der Waals surface area contributed by atoms with E-state index in [1.165, 1.54) is 0 Å². The van der Waals surface area contributed by atoms with Gasteiger partial charge in [0.15, 0.2) is 0 Å². The van der Waals surface area contributed by atoms with Crippen LogP contribution in [0.2, 0.25) is 0 Å². The summed E-state index contributed by atoms with van der Waals surface area (Å²) in [7, 11) is 0. The molecule has 1 aromatic rings. The van der Waals surface area contributed by atoms with Crippen LogP contribution in [0, 0.1) is 5.92 Å². The van der Waals surface area contributed by atoms with Gasteiger partial charge in [-0.3, -0.25) is 4.79 Å². The van der Waals surface area contributed by atoms with Crippen molar-refractivity contribution in [3.8, 4) is 0 Å². The Morgan fingerprint density at radius 3 is 2.94 bits per heavy atom. The summed E-state index contributed by atoms with van der Waals surface area (Å²) in [5, 5.41) is 13.1. The number of fused-ring (bicyclic) bond motifs is 1. The number of hydrogen-bond acceptors (Lipinski definition) is 2. The minimum Gasteiger partial charge on any atom is -0.388 e. The fraction of sp³-hybridized carbons (Fsp3) is 0.533. The van der Waals surface area contributed by atoms with E-state index in [-0.39, 0.29) is 11.8 Å². The van der Waals surface area contributed by atoms with E-state index in [1.54, 1.807) is 0 Å². The molecule has 2 atom stereocenters. The normalized spacial score (nSPS) is 17.8. The maximum atomic E-state index is 11.8. The van der Waals surface area contributed by atoms with Crippen molar-refractivity contribution in [1.29, 1.82) is 0 Å². The zero-order valence-electron chi connectivity index (χ0n) is 11.1. The van der Waals surface area contributed by atoms with Crippen LogP contribution in [-0.2, 0) is 6.42 Å². The van der Waals surface area contributed by atoms with Crippen LogP contribution in [0.1, 0.15) is 54.3 Å². The molecule has 0 spiro atoms. The summed E-state index contributed by atoms with van der Waals surface area (Å²) in [5.74, 6) is 0.202. The van der Waals surface area contributed by atoms with Gasteiger partial charge in [0.1, 0.15) is 0 Å². The van der Waals surface area contributed by atoms with Gasteiger partial charge in [-0.15, -0.1) is 0 Å². The summed E-state index contributed by atoms with van der Waals surface area (Å²) in [6.07, 6.45) is 2.45. The molecule has 1 heterocycles. The van der Waals surface area contributed by atoms with E-state index in [4.69, 9.17) is 0 Å². The Morgan fingerprint density at radius 1 is 1.44 bits per heavy atom. The van der Waals surface area contributed by atoms with Crippen LogP contribution < -0.4 is 5.32 Å². The second-order valence-electron chi connectivity index (χ2n) is 5.13. The Hall–Kier alpha value is -1.35. The molecule has 0 aliphatic carbocycles. The molecule has 2 rings (SSSR count). The SMILES string of the molecule is CCCC(C)C(O)c1ccc2c(c1)C(=O)NCC2. The van der Waals surface area contributed by atoms with Gasteiger partial charge in [0, 0.05) is 12.1 Å². The highest BCUT2D eigenvalue weighted by atomic mass is 16.3. The van der Waals surface area contributed by atoms with E-state index in [1.807, 2.05) is 25.1 Å². The monoisotopic (exact) mass is 247 g/mol. The van der Waals surface area contributed by atoms with Gasteiger partial charge in [-0.2, -0.15) is 0 Å². The zero-order valence-corrected chi connectivity index (χ0v) is 11.1. The van der Waals surface area contributed by atoms with Gasteiger partial charge in [-0.1, -0.05) is 32.4 Å². The minimum atomic E-state index is -0.482. The lowest BCUT2D eigenvalue weighted by molar-refractivity contribution is 0.0943. The molecule has 3 nitrogen and oxygen atoms in total. The van der Waals surface area contributed by atoms with Crippen LogP contribution in [0.25, 0.3) is 0 Å². The van der Waals surface area contributed by atoms with Crippen molar-refractivity contribution in [3.63, 3.8) is 0 Å². The Labute approximate surface area is 108 Å². The third kappa shape index (κ3) is 2.56. The first kappa shape index (κ1) is 13.1.